The van der Waals surface area contributed by atoms with Gasteiger partial charge in [-0.3, -0.25) is 9.78 Å². The SMILES string of the molecule is Cc1nc(C)c(C(N)=O)nc1C. The summed E-state index contributed by atoms with van der Waals surface area (Å²) in [6.45, 7) is 5.37. The van der Waals surface area contributed by atoms with Gasteiger partial charge in [0.15, 0.2) is 0 Å². The summed E-state index contributed by atoms with van der Waals surface area (Å²) in [6, 6.07) is 0. The highest BCUT2D eigenvalue weighted by atomic mass is 16.1. The molecule has 0 aromatic carbocycles. The maximum absolute atomic E-state index is 10.8. The normalized spacial score (nSPS) is 9.92. The number of primary amides is 1. The molecule has 0 bridgehead atoms. The van der Waals surface area contributed by atoms with E-state index in [0.29, 0.717) is 5.69 Å². The van der Waals surface area contributed by atoms with Gasteiger partial charge in [-0.15, -0.1) is 0 Å². The van der Waals surface area contributed by atoms with Crippen LogP contribution in [0.1, 0.15) is 27.6 Å². The van der Waals surface area contributed by atoms with Crippen molar-refractivity contribution in [2.75, 3.05) is 0 Å². The zero-order valence-electron chi connectivity index (χ0n) is 7.38. The zero-order chi connectivity index (χ0) is 9.30. The van der Waals surface area contributed by atoms with Crippen LogP contribution in [0.5, 0.6) is 0 Å². The van der Waals surface area contributed by atoms with E-state index in [0.717, 1.165) is 11.4 Å². The molecule has 4 nitrogen and oxygen atoms in total. The standard InChI is InChI=1S/C8H11N3O/c1-4-5(2)11-7(8(9)12)6(3)10-4/h1-3H3,(H2,9,12). The van der Waals surface area contributed by atoms with Crippen LogP contribution in [-0.2, 0) is 0 Å². The van der Waals surface area contributed by atoms with Crippen molar-refractivity contribution in [2.24, 2.45) is 5.73 Å². The first-order valence-corrected chi connectivity index (χ1v) is 3.64. The predicted molar refractivity (Wildman–Crippen MR) is 44.8 cm³/mol. The smallest absolute Gasteiger partial charge is 0.269 e. The Morgan fingerprint density at radius 3 is 2.08 bits per heavy atom. The van der Waals surface area contributed by atoms with Gasteiger partial charge in [0.25, 0.3) is 5.91 Å². The Hall–Kier alpha value is -1.45. The summed E-state index contributed by atoms with van der Waals surface area (Å²) >= 11 is 0. The highest BCUT2D eigenvalue weighted by Crippen LogP contribution is 2.05. The molecule has 2 N–H and O–H groups in total. The Morgan fingerprint density at radius 2 is 1.58 bits per heavy atom. The highest BCUT2D eigenvalue weighted by molar-refractivity contribution is 5.91. The molecule has 0 unspecified atom stereocenters. The summed E-state index contributed by atoms with van der Waals surface area (Å²) in [6.07, 6.45) is 0. The molecule has 0 aliphatic heterocycles. The first-order chi connectivity index (χ1) is 5.52. The minimum Gasteiger partial charge on any atom is -0.364 e. The van der Waals surface area contributed by atoms with Crippen LogP contribution in [0.2, 0.25) is 0 Å². The number of aryl methyl sites for hydroxylation is 3. The Morgan fingerprint density at radius 1 is 1.08 bits per heavy atom. The lowest BCUT2D eigenvalue weighted by Crippen LogP contribution is -2.17. The molecular formula is C8H11N3O. The van der Waals surface area contributed by atoms with Gasteiger partial charge in [0.2, 0.25) is 0 Å². The molecule has 0 aliphatic rings. The number of rotatable bonds is 1. The van der Waals surface area contributed by atoms with Crippen LogP contribution in [-0.4, -0.2) is 15.9 Å². The molecule has 1 aromatic rings. The van der Waals surface area contributed by atoms with Gasteiger partial charge in [-0.1, -0.05) is 0 Å². The van der Waals surface area contributed by atoms with Crippen molar-refractivity contribution in [3.63, 3.8) is 0 Å². The summed E-state index contributed by atoms with van der Waals surface area (Å²) in [5, 5.41) is 0. The second-order valence-corrected chi connectivity index (χ2v) is 2.69. The molecule has 0 fully saturated rings. The van der Waals surface area contributed by atoms with Crippen molar-refractivity contribution in [3.05, 3.63) is 22.8 Å². The average Bonchev–Trinajstić information content (AvgIpc) is 1.96. The number of hydrogen-bond donors (Lipinski definition) is 1. The van der Waals surface area contributed by atoms with Gasteiger partial charge in [-0.05, 0) is 20.8 Å². The molecule has 1 amide bonds. The molecule has 1 aromatic heterocycles. The summed E-state index contributed by atoms with van der Waals surface area (Å²) in [4.78, 5) is 19.0. The van der Waals surface area contributed by atoms with Gasteiger partial charge in [0, 0.05) is 0 Å². The highest BCUT2D eigenvalue weighted by Gasteiger charge is 2.09. The number of aromatic nitrogens is 2. The van der Waals surface area contributed by atoms with Crippen LogP contribution in [0.15, 0.2) is 0 Å². The van der Waals surface area contributed by atoms with E-state index < -0.39 is 5.91 Å². The maximum atomic E-state index is 10.8. The van der Waals surface area contributed by atoms with Crippen LogP contribution in [0, 0.1) is 20.8 Å². The van der Waals surface area contributed by atoms with Crippen molar-refractivity contribution in [1.29, 1.82) is 0 Å². The second kappa shape index (κ2) is 2.89. The molecule has 4 heteroatoms. The van der Waals surface area contributed by atoms with E-state index in [1.54, 1.807) is 13.8 Å². The van der Waals surface area contributed by atoms with Gasteiger partial charge in [0.05, 0.1) is 17.1 Å². The largest absolute Gasteiger partial charge is 0.364 e. The van der Waals surface area contributed by atoms with E-state index in [-0.39, 0.29) is 5.69 Å². The average molecular weight is 165 g/mol. The van der Waals surface area contributed by atoms with Crippen LogP contribution < -0.4 is 5.73 Å². The lowest BCUT2D eigenvalue weighted by atomic mass is 10.2. The molecule has 0 saturated heterocycles. The van der Waals surface area contributed by atoms with E-state index >= 15 is 0 Å². The van der Waals surface area contributed by atoms with Crippen molar-refractivity contribution < 1.29 is 4.79 Å². The topological polar surface area (TPSA) is 68.9 Å². The summed E-state index contributed by atoms with van der Waals surface area (Å²) in [7, 11) is 0. The molecule has 0 spiro atoms. The van der Waals surface area contributed by atoms with Crippen molar-refractivity contribution in [1.82, 2.24) is 9.97 Å². The minimum absolute atomic E-state index is 0.262. The fraction of sp³-hybridized carbons (Fsp3) is 0.375. The zero-order valence-corrected chi connectivity index (χ0v) is 7.38. The number of nitrogens with two attached hydrogens (primary N) is 1. The fourth-order valence-corrected chi connectivity index (χ4v) is 0.948. The van der Waals surface area contributed by atoms with Crippen molar-refractivity contribution >= 4 is 5.91 Å². The number of carbonyl (C=O) groups excluding carboxylic acids is 1. The fourth-order valence-electron chi connectivity index (χ4n) is 0.948. The van der Waals surface area contributed by atoms with Crippen LogP contribution in [0.3, 0.4) is 0 Å². The number of amides is 1. The predicted octanol–water partition coefficient (Wildman–Crippen LogP) is 0.501. The summed E-state index contributed by atoms with van der Waals surface area (Å²) in [5.41, 5.74) is 7.52. The Bertz CT molecular complexity index is 333. The lowest BCUT2D eigenvalue weighted by Gasteiger charge is -2.03. The van der Waals surface area contributed by atoms with Gasteiger partial charge >= 0.3 is 0 Å². The summed E-state index contributed by atoms with van der Waals surface area (Å²) in [5.74, 6) is -0.525. The Labute approximate surface area is 70.8 Å². The molecule has 1 rings (SSSR count). The lowest BCUT2D eigenvalue weighted by molar-refractivity contribution is 0.0994. The Kier molecular flexibility index (Phi) is 2.08. The van der Waals surface area contributed by atoms with Crippen LogP contribution >= 0.6 is 0 Å². The molecule has 0 atom stereocenters. The molecule has 0 saturated carbocycles. The van der Waals surface area contributed by atoms with E-state index in [2.05, 4.69) is 9.97 Å². The first kappa shape index (κ1) is 8.64. The molecule has 0 aliphatic carbocycles. The number of nitrogens with zero attached hydrogens (tertiary/aromatic N) is 2. The second-order valence-electron chi connectivity index (χ2n) is 2.69. The monoisotopic (exact) mass is 165 g/mol. The van der Waals surface area contributed by atoms with Gasteiger partial charge in [0.1, 0.15) is 5.69 Å². The van der Waals surface area contributed by atoms with Crippen LogP contribution in [0.4, 0.5) is 0 Å². The quantitative estimate of drug-likeness (QED) is 0.658. The van der Waals surface area contributed by atoms with E-state index in [9.17, 15) is 4.79 Å². The van der Waals surface area contributed by atoms with Crippen LogP contribution in [0.25, 0.3) is 0 Å². The summed E-state index contributed by atoms with van der Waals surface area (Å²) < 4.78 is 0. The molecular weight excluding hydrogens is 154 g/mol. The van der Waals surface area contributed by atoms with E-state index in [1.807, 2.05) is 6.92 Å². The maximum Gasteiger partial charge on any atom is 0.269 e. The minimum atomic E-state index is -0.525. The third-order valence-electron chi connectivity index (χ3n) is 1.71. The third-order valence-corrected chi connectivity index (χ3v) is 1.71. The Balaban J connectivity index is 3.33. The molecule has 12 heavy (non-hydrogen) atoms. The first-order valence-electron chi connectivity index (χ1n) is 3.64. The molecule has 64 valence electrons. The number of carbonyl (C=O) groups is 1. The van der Waals surface area contributed by atoms with Gasteiger partial charge in [-0.2, -0.15) is 0 Å². The van der Waals surface area contributed by atoms with Gasteiger partial charge in [-0.25, -0.2) is 4.98 Å². The van der Waals surface area contributed by atoms with Crippen molar-refractivity contribution in [2.45, 2.75) is 20.8 Å². The van der Waals surface area contributed by atoms with E-state index in [1.165, 1.54) is 0 Å². The third kappa shape index (κ3) is 1.42. The van der Waals surface area contributed by atoms with Crippen molar-refractivity contribution in [3.8, 4) is 0 Å². The number of hydrogen-bond acceptors (Lipinski definition) is 3. The molecule has 1 heterocycles. The molecule has 0 radical (unpaired) electrons. The van der Waals surface area contributed by atoms with Gasteiger partial charge < -0.3 is 5.73 Å². The van der Waals surface area contributed by atoms with E-state index in [4.69, 9.17) is 5.73 Å².